The quantitative estimate of drug-likeness (QED) is 0.820. The Bertz CT molecular complexity index is 844. The maximum absolute atomic E-state index is 12.4. The second kappa shape index (κ2) is 5.58. The van der Waals surface area contributed by atoms with Crippen molar-refractivity contribution in [2.24, 2.45) is 0 Å². The van der Waals surface area contributed by atoms with Crippen molar-refractivity contribution in [2.75, 3.05) is 23.3 Å². The zero-order chi connectivity index (χ0) is 15.7. The largest absolute Gasteiger partial charge is 0.387 e. The lowest BCUT2D eigenvalue weighted by molar-refractivity contribution is 0.600. The molecule has 1 heterocycles. The molecule has 0 aliphatic rings. The molecule has 0 radical (unpaired) electrons. The molecule has 21 heavy (non-hydrogen) atoms. The first-order chi connectivity index (χ1) is 9.74. The molecule has 0 fully saturated rings. The van der Waals surface area contributed by atoms with Crippen molar-refractivity contribution in [2.45, 2.75) is 9.79 Å². The van der Waals surface area contributed by atoms with Gasteiger partial charge in [-0.2, -0.15) is 0 Å². The van der Waals surface area contributed by atoms with Crippen LogP contribution in [0.5, 0.6) is 0 Å². The van der Waals surface area contributed by atoms with Crippen LogP contribution in [0.3, 0.4) is 0 Å². The van der Waals surface area contributed by atoms with E-state index < -0.39 is 19.9 Å². The fourth-order valence-electron chi connectivity index (χ4n) is 1.55. The zero-order valence-electron chi connectivity index (χ0n) is 11.1. The number of hydrogen-bond acceptors (Lipinski definition) is 8. The lowest BCUT2D eigenvalue weighted by Crippen LogP contribution is -2.15. The molecule has 0 saturated carbocycles. The number of benzene rings is 1. The third kappa shape index (κ3) is 3.49. The number of sulfonamides is 1. The Hall–Kier alpha value is -1.72. The maximum atomic E-state index is 12.4. The van der Waals surface area contributed by atoms with Gasteiger partial charge in [0, 0.05) is 13.3 Å². The highest BCUT2D eigenvalue weighted by atomic mass is 32.2. The van der Waals surface area contributed by atoms with Crippen molar-refractivity contribution in [1.29, 1.82) is 0 Å². The van der Waals surface area contributed by atoms with Gasteiger partial charge in [-0.15, -0.1) is 10.2 Å². The Kier molecular flexibility index (Phi) is 4.16. The summed E-state index contributed by atoms with van der Waals surface area (Å²) in [6.07, 6.45) is 1.01. The number of hydrogen-bond donors (Lipinski definition) is 2. The minimum atomic E-state index is -3.98. The van der Waals surface area contributed by atoms with E-state index >= 15 is 0 Å². The molecule has 1 aromatic heterocycles. The second-order valence-corrected chi connectivity index (χ2v) is 8.53. The summed E-state index contributed by atoms with van der Waals surface area (Å²) in [5.74, 6) is 0. The summed E-state index contributed by atoms with van der Waals surface area (Å²) >= 11 is 1.02. The van der Waals surface area contributed by atoms with Crippen LogP contribution in [0.25, 0.3) is 0 Å². The summed E-state index contributed by atoms with van der Waals surface area (Å²) in [5.41, 5.74) is 1.66. The Labute approximate surface area is 126 Å². The smallest absolute Gasteiger partial charge is 0.265 e. The van der Waals surface area contributed by atoms with Gasteiger partial charge in [0.15, 0.2) is 9.84 Å². The van der Waals surface area contributed by atoms with Gasteiger partial charge in [-0.05, 0) is 18.2 Å². The molecule has 0 saturated heterocycles. The highest BCUT2D eigenvalue weighted by molar-refractivity contribution is 7.93. The van der Waals surface area contributed by atoms with Crippen LogP contribution in [0.15, 0.2) is 33.5 Å². The van der Waals surface area contributed by atoms with Crippen LogP contribution in [0, 0.1) is 0 Å². The van der Waals surface area contributed by atoms with Crippen LogP contribution in [0.1, 0.15) is 0 Å². The van der Waals surface area contributed by atoms with E-state index in [9.17, 15) is 16.8 Å². The zero-order valence-corrected chi connectivity index (χ0v) is 13.5. The van der Waals surface area contributed by atoms with Crippen molar-refractivity contribution in [3.05, 3.63) is 23.7 Å². The van der Waals surface area contributed by atoms with E-state index in [-0.39, 0.29) is 20.6 Å². The lowest BCUT2D eigenvalue weighted by atomic mass is 10.3. The number of aromatic nitrogens is 2. The van der Waals surface area contributed by atoms with E-state index in [0.717, 1.165) is 23.7 Å². The van der Waals surface area contributed by atoms with Gasteiger partial charge in [-0.3, -0.25) is 4.72 Å². The Balaban J connectivity index is 2.55. The first kappa shape index (κ1) is 15.7. The topological polar surface area (TPSA) is 118 Å². The molecule has 0 unspecified atom stereocenters. The van der Waals surface area contributed by atoms with Gasteiger partial charge in [0.1, 0.15) is 10.4 Å². The number of nitrogens with one attached hydrogen (secondary N) is 2. The SMILES string of the molecule is CNc1ccc(S(C)(=O)=O)cc1S(=O)(=O)Nc1nncs1. The first-order valence-electron chi connectivity index (χ1n) is 5.55. The normalized spacial score (nSPS) is 12.1. The molecule has 0 amide bonds. The van der Waals surface area contributed by atoms with E-state index in [0.29, 0.717) is 0 Å². The summed E-state index contributed by atoms with van der Waals surface area (Å²) in [6.45, 7) is 0. The predicted molar refractivity (Wildman–Crippen MR) is 79.8 cm³/mol. The van der Waals surface area contributed by atoms with Crippen LogP contribution in [0.2, 0.25) is 0 Å². The van der Waals surface area contributed by atoms with E-state index in [1.165, 1.54) is 17.6 Å². The molecule has 0 aliphatic carbocycles. The fourth-order valence-corrected chi connectivity index (χ4v) is 4.20. The van der Waals surface area contributed by atoms with Crippen molar-refractivity contribution < 1.29 is 16.8 Å². The van der Waals surface area contributed by atoms with Crippen LogP contribution in [-0.4, -0.2) is 40.3 Å². The van der Waals surface area contributed by atoms with Gasteiger partial charge in [-0.25, -0.2) is 16.8 Å². The second-order valence-electron chi connectivity index (χ2n) is 4.03. The van der Waals surface area contributed by atoms with Crippen LogP contribution in [0.4, 0.5) is 10.8 Å². The minimum Gasteiger partial charge on any atom is -0.387 e. The third-order valence-electron chi connectivity index (χ3n) is 2.52. The van der Waals surface area contributed by atoms with Gasteiger partial charge in [0.05, 0.1) is 10.6 Å². The van der Waals surface area contributed by atoms with Crippen molar-refractivity contribution in [3.8, 4) is 0 Å². The fraction of sp³-hybridized carbons (Fsp3) is 0.200. The van der Waals surface area contributed by atoms with Crippen LogP contribution >= 0.6 is 11.3 Å². The monoisotopic (exact) mass is 348 g/mol. The Morgan fingerprint density at radius 2 is 1.90 bits per heavy atom. The van der Waals surface area contributed by atoms with Crippen molar-refractivity contribution >= 4 is 42.0 Å². The van der Waals surface area contributed by atoms with Crippen LogP contribution in [-0.2, 0) is 19.9 Å². The molecule has 1 aromatic carbocycles. The first-order valence-corrected chi connectivity index (χ1v) is 9.80. The lowest BCUT2D eigenvalue weighted by Gasteiger charge is -2.11. The Morgan fingerprint density at radius 1 is 1.19 bits per heavy atom. The molecule has 8 nitrogen and oxygen atoms in total. The molecular formula is C10H12N4O4S3. The Morgan fingerprint density at radius 3 is 2.43 bits per heavy atom. The van der Waals surface area contributed by atoms with Gasteiger partial charge in [0.2, 0.25) is 5.13 Å². The summed E-state index contributed by atoms with van der Waals surface area (Å²) < 4.78 is 50.1. The molecule has 2 aromatic rings. The average Bonchev–Trinajstić information content (AvgIpc) is 2.89. The molecule has 11 heteroatoms. The molecular weight excluding hydrogens is 336 g/mol. The van der Waals surface area contributed by atoms with Crippen molar-refractivity contribution in [1.82, 2.24) is 10.2 Å². The third-order valence-corrected chi connectivity index (χ3v) is 5.75. The molecule has 2 N–H and O–H groups in total. The number of rotatable bonds is 5. The van der Waals surface area contributed by atoms with Gasteiger partial charge in [0.25, 0.3) is 10.0 Å². The van der Waals surface area contributed by atoms with E-state index in [1.54, 1.807) is 7.05 Å². The predicted octanol–water partition coefficient (Wildman–Crippen LogP) is 0.784. The molecule has 0 bridgehead atoms. The van der Waals surface area contributed by atoms with E-state index in [1.807, 2.05) is 0 Å². The number of nitrogens with zero attached hydrogens (tertiary/aromatic N) is 2. The van der Waals surface area contributed by atoms with E-state index in [2.05, 4.69) is 20.2 Å². The standard InChI is InChI=1S/C10H12N4O4S3/c1-11-8-4-3-7(20(2,15)16)5-9(8)21(17,18)14-10-13-12-6-19-10/h3-6,11H,1-2H3,(H,13,14). The van der Waals surface area contributed by atoms with Gasteiger partial charge >= 0.3 is 0 Å². The molecule has 0 atom stereocenters. The summed E-state index contributed by atoms with van der Waals surface area (Å²) in [7, 11) is -5.95. The van der Waals surface area contributed by atoms with Gasteiger partial charge in [-0.1, -0.05) is 11.3 Å². The maximum Gasteiger partial charge on any atom is 0.265 e. The number of anilines is 2. The molecule has 2 rings (SSSR count). The molecule has 114 valence electrons. The van der Waals surface area contributed by atoms with E-state index in [4.69, 9.17) is 0 Å². The summed E-state index contributed by atoms with van der Waals surface area (Å²) in [5, 5.41) is 9.93. The highest BCUT2D eigenvalue weighted by Gasteiger charge is 2.22. The van der Waals surface area contributed by atoms with Gasteiger partial charge < -0.3 is 5.32 Å². The molecule has 0 aliphatic heterocycles. The summed E-state index contributed by atoms with van der Waals surface area (Å²) in [6, 6.07) is 3.83. The highest BCUT2D eigenvalue weighted by Crippen LogP contribution is 2.26. The number of sulfone groups is 1. The molecule has 0 spiro atoms. The minimum absolute atomic E-state index is 0.0841. The van der Waals surface area contributed by atoms with Crippen molar-refractivity contribution in [3.63, 3.8) is 0 Å². The van der Waals surface area contributed by atoms with Crippen LogP contribution < -0.4 is 10.0 Å². The summed E-state index contributed by atoms with van der Waals surface area (Å²) in [4.78, 5) is -0.262. The average molecular weight is 348 g/mol.